The maximum Gasteiger partial charge on any atom is 0.0579 e. The normalized spacial score (nSPS) is 17.1. The lowest BCUT2D eigenvalue weighted by molar-refractivity contribution is 0.795. The molecule has 0 atom stereocenters. The van der Waals surface area contributed by atoms with Crippen LogP contribution in [0.1, 0.15) is 50.2 Å². The number of hydrogen-bond acceptors (Lipinski definition) is 2. The summed E-state index contributed by atoms with van der Waals surface area (Å²) in [6.07, 6.45) is 8.18. The van der Waals surface area contributed by atoms with Crippen LogP contribution in [0.2, 0.25) is 0 Å². The van der Waals surface area contributed by atoms with Gasteiger partial charge in [-0.1, -0.05) is 37.6 Å². The van der Waals surface area contributed by atoms with E-state index in [9.17, 15) is 0 Å². The molecule has 0 saturated heterocycles. The van der Waals surface area contributed by atoms with E-state index in [4.69, 9.17) is 4.99 Å². The Balaban J connectivity index is 2.17. The number of rotatable bonds is 5. The van der Waals surface area contributed by atoms with E-state index < -0.39 is 0 Å². The summed E-state index contributed by atoms with van der Waals surface area (Å²) >= 11 is 0. The van der Waals surface area contributed by atoms with Gasteiger partial charge in [-0.25, -0.2) is 0 Å². The summed E-state index contributed by atoms with van der Waals surface area (Å²) in [4.78, 5) is 4.80. The van der Waals surface area contributed by atoms with E-state index in [1.54, 1.807) is 0 Å². The molecule has 1 aromatic rings. The molecule has 0 saturated carbocycles. The molecule has 1 aliphatic carbocycles. The number of aliphatic imine (C=N–C) groups is 1. The molecular formula is C18H26N2. The number of aryl methyl sites for hydroxylation is 2. The first kappa shape index (κ1) is 14.8. The lowest BCUT2D eigenvalue weighted by Gasteiger charge is -2.20. The zero-order valence-electron chi connectivity index (χ0n) is 13.0. The average molecular weight is 270 g/mol. The Morgan fingerprint density at radius 1 is 1.20 bits per heavy atom. The van der Waals surface area contributed by atoms with Crippen molar-refractivity contribution >= 4 is 11.4 Å². The van der Waals surface area contributed by atoms with Crippen LogP contribution in [-0.2, 0) is 0 Å². The number of allylic oxidation sites excluding steroid dienone is 2. The maximum atomic E-state index is 4.80. The summed E-state index contributed by atoms with van der Waals surface area (Å²) in [5, 5.41) is 3.62. The van der Waals surface area contributed by atoms with Gasteiger partial charge in [-0.2, -0.15) is 0 Å². The van der Waals surface area contributed by atoms with Crippen molar-refractivity contribution < 1.29 is 0 Å². The van der Waals surface area contributed by atoms with Crippen molar-refractivity contribution in [1.29, 1.82) is 0 Å². The van der Waals surface area contributed by atoms with Crippen LogP contribution < -0.4 is 5.32 Å². The Bertz CT molecular complexity index is 492. The second kappa shape index (κ2) is 7.28. The standard InChI is InChI=1S/C18H26N2/c1-4-5-13-19-16-11-6-7-12-17(16)20-18-14(2)9-8-10-15(18)3/h8-10,12,20H,4-7,11,13H2,1-3H3. The van der Waals surface area contributed by atoms with Crippen LogP contribution in [0.25, 0.3) is 0 Å². The highest BCUT2D eigenvalue weighted by Crippen LogP contribution is 2.24. The van der Waals surface area contributed by atoms with Crippen molar-refractivity contribution in [3.63, 3.8) is 0 Å². The molecule has 2 nitrogen and oxygen atoms in total. The molecule has 1 N–H and O–H groups in total. The van der Waals surface area contributed by atoms with Crippen molar-refractivity contribution in [3.8, 4) is 0 Å². The van der Waals surface area contributed by atoms with Crippen molar-refractivity contribution in [2.75, 3.05) is 11.9 Å². The molecule has 2 rings (SSSR count). The van der Waals surface area contributed by atoms with E-state index in [0.717, 1.165) is 19.4 Å². The topological polar surface area (TPSA) is 24.4 Å². The number of nitrogens with zero attached hydrogens (tertiary/aromatic N) is 1. The molecule has 20 heavy (non-hydrogen) atoms. The Kier molecular flexibility index (Phi) is 5.40. The predicted molar refractivity (Wildman–Crippen MR) is 88.7 cm³/mol. The zero-order chi connectivity index (χ0) is 14.4. The maximum absolute atomic E-state index is 4.80. The SMILES string of the molecule is CCCCN=C1CCCC=C1Nc1c(C)cccc1C. The molecule has 1 aromatic carbocycles. The minimum Gasteiger partial charge on any atom is -0.354 e. The van der Waals surface area contributed by atoms with Gasteiger partial charge in [-0.15, -0.1) is 0 Å². The molecule has 0 aliphatic heterocycles. The van der Waals surface area contributed by atoms with E-state index in [-0.39, 0.29) is 0 Å². The molecule has 0 unspecified atom stereocenters. The summed E-state index contributed by atoms with van der Waals surface area (Å²) in [5.74, 6) is 0. The van der Waals surface area contributed by atoms with E-state index in [1.165, 1.54) is 47.5 Å². The lowest BCUT2D eigenvalue weighted by atomic mass is 10.0. The second-order valence-corrected chi connectivity index (χ2v) is 5.58. The average Bonchev–Trinajstić information content (AvgIpc) is 2.45. The number of unbranched alkanes of at least 4 members (excludes halogenated alkanes) is 1. The number of anilines is 1. The van der Waals surface area contributed by atoms with Crippen molar-refractivity contribution in [1.82, 2.24) is 0 Å². The number of nitrogens with one attached hydrogen (secondary N) is 1. The molecule has 0 bridgehead atoms. The van der Waals surface area contributed by atoms with Gasteiger partial charge in [0.05, 0.1) is 11.4 Å². The van der Waals surface area contributed by atoms with E-state index in [1.807, 2.05) is 0 Å². The number of benzene rings is 1. The van der Waals surface area contributed by atoms with Crippen molar-refractivity contribution in [2.24, 2.45) is 4.99 Å². The van der Waals surface area contributed by atoms with Crippen LogP contribution in [0, 0.1) is 13.8 Å². The minimum absolute atomic E-state index is 0.956. The lowest BCUT2D eigenvalue weighted by Crippen LogP contribution is -2.16. The first-order valence-electron chi connectivity index (χ1n) is 7.79. The van der Waals surface area contributed by atoms with Gasteiger partial charge in [-0.05, 0) is 50.7 Å². The second-order valence-electron chi connectivity index (χ2n) is 5.58. The number of hydrogen-bond donors (Lipinski definition) is 1. The predicted octanol–water partition coefficient (Wildman–Crippen LogP) is 5.02. The first-order valence-corrected chi connectivity index (χ1v) is 7.79. The Labute approximate surface area is 123 Å². The van der Waals surface area contributed by atoms with Gasteiger partial charge in [0, 0.05) is 12.2 Å². The monoisotopic (exact) mass is 270 g/mol. The zero-order valence-corrected chi connectivity index (χ0v) is 13.0. The molecule has 1 aliphatic rings. The summed E-state index contributed by atoms with van der Waals surface area (Å²) in [6, 6.07) is 6.43. The fraction of sp³-hybridized carbons (Fsp3) is 0.500. The minimum atomic E-state index is 0.956. The summed E-state index contributed by atoms with van der Waals surface area (Å²) < 4.78 is 0. The number of para-hydroxylation sites is 1. The molecule has 2 heteroatoms. The molecule has 0 fully saturated rings. The van der Waals surface area contributed by atoms with E-state index in [2.05, 4.69) is 50.4 Å². The Morgan fingerprint density at radius 3 is 2.65 bits per heavy atom. The summed E-state index contributed by atoms with van der Waals surface area (Å²) in [6.45, 7) is 7.49. The molecule has 0 spiro atoms. The van der Waals surface area contributed by atoms with E-state index in [0.29, 0.717) is 0 Å². The van der Waals surface area contributed by atoms with Gasteiger partial charge in [0.25, 0.3) is 0 Å². The smallest absolute Gasteiger partial charge is 0.0579 e. The van der Waals surface area contributed by atoms with Gasteiger partial charge >= 0.3 is 0 Å². The van der Waals surface area contributed by atoms with E-state index >= 15 is 0 Å². The highest BCUT2D eigenvalue weighted by Gasteiger charge is 2.13. The third-order valence-electron chi connectivity index (χ3n) is 3.83. The molecule has 0 heterocycles. The third-order valence-corrected chi connectivity index (χ3v) is 3.83. The molecule has 108 valence electrons. The van der Waals surface area contributed by atoms with Crippen LogP contribution >= 0.6 is 0 Å². The van der Waals surface area contributed by atoms with Crippen molar-refractivity contribution in [3.05, 3.63) is 41.1 Å². The van der Waals surface area contributed by atoms with Gasteiger partial charge in [0.1, 0.15) is 0 Å². The fourth-order valence-corrected chi connectivity index (χ4v) is 2.57. The summed E-state index contributed by atoms with van der Waals surface area (Å²) in [7, 11) is 0. The molecular weight excluding hydrogens is 244 g/mol. The van der Waals surface area contributed by atoms with Gasteiger partial charge in [0.2, 0.25) is 0 Å². The fourth-order valence-electron chi connectivity index (χ4n) is 2.57. The van der Waals surface area contributed by atoms with Gasteiger partial charge < -0.3 is 5.32 Å². The van der Waals surface area contributed by atoms with Gasteiger partial charge in [0.15, 0.2) is 0 Å². The van der Waals surface area contributed by atoms with Gasteiger partial charge in [-0.3, -0.25) is 4.99 Å². The summed E-state index contributed by atoms with van der Waals surface area (Å²) in [5.41, 5.74) is 6.31. The van der Waals surface area contributed by atoms with Crippen LogP contribution in [0.5, 0.6) is 0 Å². The van der Waals surface area contributed by atoms with Crippen molar-refractivity contribution in [2.45, 2.75) is 52.9 Å². The molecule has 0 aromatic heterocycles. The Morgan fingerprint density at radius 2 is 1.95 bits per heavy atom. The quantitative estimate of drug-likeness (QED) is 0.746. The van der Waals surface area contributed by atoms with Crippen LogP contribution in [0.3, 0.4) is 0 Å². The third kappa shape index (κ3) is 3.72. The first-order chi connectivity index (χ1) is 9.72. The van der Waals surface area contributed by atoms with Crippen LogP contribution in [0.4, 0.5) is 5.69 Å². The highest BCUT2D eigenvalue weighted by molar-refractivity contribution is 6.03. The highest BCUT2D eigenvalue weighted by atomic mass is 14.9. The van der Waals surface area contributed by atoms with Crippen LogP contribution in [-0.4, -0.2) is 12.3 Å². The van der Waals surface area contributed by atoms with Crippen LogP contribution in [0.15, 0.2) is 35.0 Å². The Hall–Kier alpha value is -1.57. The molecule has 0 amide bonds. The largest absolute Gasteiger partial charge is 0.354 e. The molecule has 0 radical (unpaired) electrons.